The molecule has 2 aromatic carbocycles. The van der Waals surface area contributed by atoms with Crippen LogP contribution in [0.3, 0.4) is 0 Å². The van der Waals surface area contributed by atoms with E-state index in [4.69, 9.17) is 31.4 Å². The van der Waals surface area contributed by atoms with Crippen LogP contribution in [0.5, 0.6) is 11.5 Å². The number of hydrogen-bond acceptors (Lipinski definition) is 4. The van der Waals surface area contributed by atoms with Gasteiger partial charge in [-0.1, -0.05) is 30.2 Å². The summed E-state index contributed by atoms with van der Waals surface area (Å²) in [6, 6.07) is -1.72. The number of benzene rings is 2. The molecule has 1 heterocycles. The lowest BCUT2D eigenvalue weighted by Crippen LogP contribution is -2.34. The number of likely N-dealkylation sites (tertiary alicyclic amines) is 1. The second kappa shape index (κ2) is 8.36. The molecule has 4 nitrogen and oxygen atoms in total. The van der Waals surface area contributed by atoms with Crippen molar-refractivity contribution < 1.29 is 36.2 Å². The minimum Gasteiger partial charge on any atom is -0.493 e. The fraction of sp³-hybridized carbons (Fsp3) is 0.458. The van der Waals surface area contributed by atoms with E-state index in [0.717, 1.165) is 0 Å². The largest absolute Gasteiger partial charge is 0.493 e. The highest BCUT2D eigenvalue weighted by molar-refractivity contribution is 6.02. The van der Waals surface area contributed by atoms with E-state index in [1.54, 1.807) is 0 Å². The Bertz CT molecular complexity index is 1490. The number of piperidine rings is 1. The van der Waals surface area contributed by atoms with Crippen molar-refractivity contribution in [1.29, 1.82) is 0 Å². The molecule has 148 valence electrons. The van der Waals surface area contributed by atoms with Gasteiger partial charge >= 0.3 is 0 Å². The summed E-state index contributed by atoms with van der Waals surface area (Å²) in [5.74, 6) is -6.23. The molecule has 1 saturated heterocycles. The number of ether oxygens (including phenoxy) is 2. The molecule has 2 aromatic rings. The molecular weight excluding hydrogens is 350 g/mol. The zero-order valence-corrected chi connectivity index (χ0v) is 15.3. The summed E-state index contributed by atoms with van der Waals surface area (Å²) in [5, 5.41) is 0. The lowest BCUT2D eigenvalue weighted by molar-refractivity contribution is 0.0895. The van der Waals surface area contributed by atoms with Gasteiger partial charge in [0.25, 0.3) is 0 Å². The maximum absolute atomic E-state index is 13.6. The number of hydrogen-bond donors (Lipinski definition) is 0. The van der Waals surface area contributed by atoms with E-state index in [0.29, 0.717) is 0 Å². The van der Waals surface area contributed by atoms with E-state index in [9.17, 15) is 4.79 Å². The van der Waals surface area contributed by atoms with Crippen LogP contribution in [0.1, 0.15) is 62.6 Å². The zero-order chi connectivity index (χ0) is 33.7. The van der Waals surface area contributed by atoms with E-state index >= 15 is 0 Å². The van der Waals surface area contributed by atoms with Crippen molar-refractivity contribution in [2.45, 2.75) is 32.1 Å². The molecule has 1 unspecified atom stereocenters. The molecule has 28 heavy (non-hydrogen) atoms. The highest BCUT2D eigenvalue weighted by atomic mass is 16.5. The van der Waals surface area contributed by atoms with Crippen molar-refractivity contribution in [3.05, 3.63) is 59.0 Å². The van der Waals surface area contributed by atoms with E-state index < -0.39 is 98.4 Å². The van der Waals surface area contributed by atoms with Crippen molar-refractivity contribution in [2.75, 3.05) is 27.2 Å². The first-order valence-electron chi connectivity index (χ1n) is 16.5. The zero-order valence-electron chi connectivity index (χ0n) is 31.3. The minimum atomic E-state index is -3.68. The van der Waals surface area contributed by atoms with Crippen LogP contribution in [0.25, 0.3) is 0 Å². The third kappa shape index (κ3) is 3.93. The molecule has 4 heteroatoms. The Labute approximate surface area is 189 Å². The third-order valence-electron chi connectivity index (χ3n) is 4.40. The van der Waals surface area contributed by atoms with E-state index in [1.165, 1.54) is 26.4 Å². The summed E-state index contributed by atoms with van der Waals surface area (Å²) >= 11 is 0. The number of methoxy groups -OCH3 is 2. The van der Waals surface area contributed by atoms with Gasteiger partial charge in [0.2, 0.25) is 0 Å². The monoisotopic (exact) mass is 395 g/mol. The van der Waals surface area contributed by atoms with Crippen LogP contribution < -0.4 is 9.47 Å². The molecule has 0 bridgehead atoms. The summed E-state index contributed by atoms with van der Waals surface area (Å²) in [6.45, 7) is -8.38. The second-order valence-corrected chi connectivity index (χ2v) is 6.16. The molecule has 2 aliphatic rings. The van der Waals surface area contributed by atoms with Crippen LogP contribution in [0.4, 0.5) is 0 Å². The Morgan fingerprint density at radius 2 is 1.82 bits per heavy atom. The molecule has 1 fully saturated rings. The Hall–Kier alpha value is -2.33. The summed E-state index contributed by atoms with van der Waals surface area (Å²) < 4.78 is 147. The summed E-state index contributed by atoms with van der Waals surface area (Å²) in [6.07, 6.45) is -11.3. The van der Waals surface area contributed by atoms with Gasteiger partial charge in [0.1, 0.15) is 0 Å². The fourth-order valence-corrected chi connectivity index (χ4v) is 3.01. The van der Waals surface area contributed by atoms with Gasteiger partial charge in [0, 0.05) is 33.1 Å². The predicted octanol–water partition coefficient (Wildman–Crippen LogP) is 4.36. The highest BCUT2D eigenvalue weighted by Gasteiger charge is 2.34. The highest BCUT2D eigenvalue weighted by Crippen LogP contribution is 2.39. The molecule has 1 aliphatic heterocycles. The van der Waals surface area contributed by atoms with Crippen molar-refractivity contribution in [3.63, 3.8) is 0 Å². The molecule has 0 aromatic heterocycles. The summed E-state index contributed by atoms with van der Waals surface area (Å²) in [7, 11) is 2.55. The normalized spacial score (nSPS) is 38.6. The lowest BCUT2D eigenvalue weighted by Gasteiger charge is -2.32. The number of Topliss-reactive ketones (excluding diaryl/α,β-unsaturated/α-hetero) is 1. The van der Waals surface area contributed by atoms with Crippen LogP contribution in [-0.4, -0.2) is 37.9 Å². The Morgan fingerprint density at radius 3 is 2.50 bits per heavy atom. The fourth-order valence-electron chi connectivity index (χ4n) is 3.01. The number of carbonyl (C=O) groups is 1. The van der Waals surface area contributed by atoms with Crippen LogP contribution in [0.15, 0.2) is 42.3 Å². The number of carbonyl (C=O) groups excluding carboxylic acids is 1. The topological polar surface area (TPSA) is 38.8 Å². The molecule has 4 rings (SSSR count). The summed E-state index contributed by atoms with van der Waals surface area (Å²) in [5.41, 5.74) is -1.04. The molecule has 0 radical (unpaired) electrons. The van der Waals surface area contributed by atoms with Gasteiger partial charge in [-0.2, -0.15) is 0 Å². The van der Waals surface area contributed by atoms with Crippen molar-refractivity contribution in [3.8, 4) is 11.5 Å². The minimum absolute atomic E-state index is 0.0380. The van der Waals surface area contributed by atoms with Gasteiger partial charge < -0.3 is 9.47 Å². The van der Waals surface area contributed by atoms with E-state index in [-0.39, 0.29) is 27.5 Å². The molecule has 0 spiro atoms. The third-order valence-corrected chi connectivity index (χ3v) is 4.40. The maximum atomic E-state index is 13.6. The van der Waals surface area contributed by atoms with Crippen molar-refractivity contribution in [1.82, 2.24) is 4.90 Å². The standard InChI is InChI=1S/C24H29NO3/c1-27-22-14-19-13-20(24(26)21(19)15-23(22)28-2)12-17-8-10-25(11-9-17)16-18-6-4-3-5-7-18/h3-7,14-15,17,20H,8-13,16H2,1-2H3/i3D,4D,5D,6D,7D,8D2,9D2,10D2,11D2,13D2,17D. The van der Waals surface area contributed by atoms with E-state index in [1.807, 2.05) is 0 Å². The average molecular weight is 396 g/mol. The van der Waals surface area contributed by atoms with Crippen LogP contribution in [0.2, 0.25) is 0 Å². The second-order valence-electron chi connectivity index (χ2n) is 6.16. The first kappa shape index (κ1) is 7.83. The molecule has 0 amide bonds. The first-order chi connectivity index (χ1) is 19.9. The summed E-state index contributed by atoms with van der Waals surface area (Å²) in [4.78, 5) is 13.6. The number of fused-ring (bicyclic) bond motifs is 1. The van der Waals surface area contributed by atoms with Crippen LogP contribution in [0, 0.1) is 11.8 Å². The maximum Gasteiger partial charge on any atom is 0.166 e. The molecular formula is C24H29NO3. The van der Waals surface area contributed by atoms with Crippen LogP contribution >= 0.6 is 0 Å². The molecule has 1 atom stereocenters. The van der Waals surface area contributed by atoms with E-state index in [2.05, 4.69) is 0 Å². The van der Waals surface area contributed by atoms with Crippen LogP contribution in [-0.2, 0) is 12.9 Å². The number of rotatable bonds is 6. The first-order valence-corrected chi connectivity index (χ1v) is 8.54. The van der Waals surface area contributed by atoms with Crippen molar-refractivity contribution in [2.24, 2.45) is 11.8 Å². The Balaban J connectivity index is 1.86. The predicted molar refractivity (Wildman–Crippen MR) is 110 cm³/mol. The number of nitrogens with zero attached hydrogens (tertiary/aromatic N) is 1. The van der Waals surface area contributed by atoms with Gasteiger partial charge in [-0.15, -0.1) is 0 Å². The smallest absolute Gasteiger partial charge is 0.166 e. The van der Waals surface area contributed by atoms with Gasteiger partial charge in [-0.25, -0.2) is 0 Å². The molecule has 0 saturated carbocycles. The Kier molecular flexibility index (Phi) is 2.34. The number of ketones is 1. The van der Waals surface area contributed by atoms with Gasteiger partial charge in [-0.3, -0.25) is 9.69 Å². The average Bonchev–Trinajstić information content (AvgIpc) is 3.12. The molecule has 1 aliphatic carbocycles. The van der Waals surface area contributed by atoms with Crippen molar-refractivity contribution >= 4 is 5.78 Å². The van der Waals surface area contributed by atoms with Gasteiger partial charge in [0.15, 0.2) is 17.3 Å². The van der Waals surface area contributed by atoms with Gasteiger partial charge in [-0.05, 0) is 67.7 Å². The van der Waals surface area contributed by atoms with Gasteiger partial charge in [0.05, 0.1) is 21.1 Å². The lowest BCUT2D eigenvalue weighted by atomic mass is 9.85. The quantitative estimate of drug-likeness (QED) is 0.728. The molecule has 0 N–H and O–H groups in total. The Morgan fingerprint density at radius 1 is 1.14 bits per heavy atom. The SMILES string of the molecule is [2H]c1c([2H])c([2H])c(CN2C([2H])([2H])C([2H])([2H])C([2H])(CC3C(=O)c4cc(OC)c(OC)cc4C3([2H])[2H])C([2H])([2H])C2([2H])[2H])c([2H])c1[2H].